The molecule has 1 heterocycles. The summed E-state index contributed by atoms with van der Waals surface area (Å²) in [5.74, 6) is 0.0287. The Morgan fingerprint density at radius 1 is 1.04 bits per heavy atom. The van der Waals surface area contributed by atoms with Crippen molar-refractivity contribution < 1.29 is 4.79 Å². The van der Waals surface area contributed by atoms with Crippen LogP contribution in [0.15, 0.2) is 42.5 Å². The van der Waals surface area contributed by atoms with Crippen molar-refractivity contribution in [2.45, 2.75) is 38.8 Å². The number of aryl methyl sites for hydroxylation is 1. The van der Waals surface area contributed by atoms with Gasteiger partial charge in [-0.3, -0.25) is 9.69 Å². The molecule has 0 saturated carbocycles. The number of likely N-dealkylation sites (tertiary alicyclic amines) is 1. The van der Waals surface area contributed by atoms with Crippen molar-refractivity contribution in [3.8, 4) is 0 Å². The maximum absolute atomic E-state index is 12.1. The van der Waals surface area contributed by atoms with Crippen molar-refractivity contribution in [3.63, 3.8) is 0 Å². The van der Waals surface area contributed by atoms with E-state index < -0.39 is 0 Å². The van der Waals surface area contributed by atoms with Crippen LogP contribution in [0.2, 0.25) is 10.0 Å². The van der Waals surface area contributed by atoms with Gasteiger partial charge < -0.3 is 5.32 Å². The van der Waals surface area contributed by atoms with Gasteiger partial charge in [0.2, 0.25) is 5.91 Å². The van der Waals surface area contributed by atoms with Crippen LogP contribution in [0.3, 0.4) is 0 Å². The summed E-state index contributed by atoms with van der Waals surface area (Å²) in [4.78, 5) is 14.6. The van der Waals surface area contributed by atoms with Gasteiger partial charge in [-0.15, -0.1) is 0 Å². The average molecular weight is 391 g/mol. The van der Waals surface area contributed by atoms with Gasteiger partial charge in [-0.05, 0) is 61.2 Å². The second-order valence-electron chi connectivity index (χ2n) is 6.82. The van der Waals surface area contributed by atoms with E-state index >= 15 is 0 Å². The molecule has 1 aliphatic heterocycles. The van der Waals surface area contributed by atoms with E-state index in [0.717, 1.165) is 17.7 Å². The molecule has 3 nitrogen and oxygen atoms in total. The van der Waals surface area contributed by atoms with Crippen molar-refractivity contribution in [1.29, 1.82) is 0 Å². The third kappa shape index (κ3) is 5.73. The number of rotatable bonds is 7. The van der Waals surface area contributed by atoms with Crippen molar-refractivity contribution in [2.75, 3.05) is 13.1 Å². The molecule has 2 aromatic rings. The molecule has 1 amide bonds. The predicted molar refractivity (Wildman–Crippen MR) is 108 cm³/mol. The number of nitrogens with one attached hydrogen (secondary N) is 1. The quantitative estimate of drug-likeness (QED) is 0.733. The molecule has 0 atom stereocenters. The zero-order valence-electron chi connectivity index (χ0n) is 14.8. The van der Waals surface area contributed by atoms with Crippen molar-refractivity contribution in [3.05, 3.63) is 69.2 Å². The van der Waals surface area contributed by atoms with Gasteiger partial charge in [0.05, 0.1) is 0 Å². The topological polar surface area (TPSA) is 32.3 Å². The molecule has 0 radical (unpaired) electrons. The van der Waals surface area contributed by atoms with Crippen molar-refractivity contribution in [2.24, 2.45) is 0 Å². The molecular weight excluding hydrogens is 367 g/mol. The summed E-state index contributed by atoms with van der Waals surface area (Å²) in [5.41, 5.74) is 3.39. The van der Waals surface area contributed by atoms with Gasteiger partial charge >= 0.3 is 0 Å². The predicted octanol–water partition coefficient (Wildman–Crippen LogP) is 4.84. The highest BCUT2D eigenvalue weighted by Gasteiger charge is 2.12. The lowest BCUT2D eigenvalue weighted by Gasteiger charge is -2.15. The highest BCUT2D eigenvalue weighted by Crippen LogP contribution is 2.22. The summed E-state index contributed by atoms with van der Waals surface area (Å²) in [7, 11) is 0. The molecular formula is C21H24Cl2N2O. The third-order valence-corrected chi connectivity index (χ3v) is 5.31. The van der Waals surface area contributed by atoms with Crippen LogP contribution in [0.4, 0.5) is 0 Å². The molecule has 0 aliphatic carbocycles. The summed E-state index contributed by atoms with van der Waals surface area (Å²) in [6.07, 6.45) is 3.62. The normalized spacial score (nSPS) is 14.5. The average Bonchev–Trinajstić information content (AvgIpc) is 3.12. The fraction of sp³-hybridized carbons (Fsp3) is 0.381. The van der Waals surface area contributed by atoms with Crippen molar-refractivity contribution >= 4 is 29.1 Å². The minimum atomic E-state index is 0.0287. The number of hydrogen-bond acceptors (Lipinski definition) is 2. The number of carbonyl (C=O) groups excluding carboxylic acids is 1. The van der Waals surface area contributed by atoms with E-state index in [0.29, 0.717) is 29.4 Å². The summed E-state index contributed by atoms with van der Waals surface area (Å²) in [6, 6.07) is 13.9. The van der Waals surface area contributed by atoms with E-state index in [2.05, 4.69) is 34.5 Å². The fourth-order valence-corrected chi connectivity index (χ4v) is 3.80. The first-order valence-corrected chi connectivity index (χ1v) is 9.86. The molecule has 138 valence electrons. The van der Waals surface area contributed by atoms with Crippen LogP contribution >= 0.6 is 23.2 Å². The van der Waals surface area contributed by atoms with Gasteiger partial charge in [0.1, 0.15) is 0 Å². The first-order chi connectivity index (χ1) is 12.6. The number of hydrogen-bond donors (Lipinski definition) is 1. The number of carbonyl (C=O) groups is 1. The largest absolute Gasteiger partial charge is 0.352 e. The molecule has 0 unspecified atom stereocenters. The highest BCUT2D eigenvalue weighted by molar-refractivity contribution is 6.35. The van der Waals surface area contributed by atoms with Gasteiger partial charge in [0.25, 0.3) is 0 Å². The first kappa shape index (κ1) is 19.2. The maximum Gasteiger partial charge on any atom is 0.220 e. The summed E-state index contributed by atoms with van der Waals surface area (Å²) < 4.78 is 0. The third-order valence-electron chi connectivity index (χ3n) is 4.72. The lowest BCUT2D eigenvalue weighted by atomic mass is 10.1. The minimum Gasteiger partial charge on any atom is -0.352 e. The van der Waals surface area contributed by atoms with E-state index in [9.17, 15) is 4.79 Å². The van der Waals surface area contributed by atoms with Crippen LogP contribution in [0.5, 0.6) is 0 Å². The SMILES string of the molecule is O=C(CCc1ccc(Cl)cc1Cl)NCc1cccc(CN2CCCC2)c1. The van der Waals surface area contributed by atoms with E-state index in [1.165, 1.54) is 31.5 Å². The molecule has 0 aromatic heterocycles. The Kier molecular flexibility index (Phi) is 6.95. The Balaban J connectivity index is 1.46. The van der Waals surface area contributed by atoms with Crippen LogP contribution in [-0.4, -0.2) is 23.9 Å². The van der Waals surface area contributed by atoms with Gasteiger partial charge in [0.15, 0.2) is 0 Å². The molecule has 5 heteroatoms. The van der Waals surface area contributed by atoms with E-state index in [4.69, 9.17) is 23.2 Å². The van der Waals surface area contributed by atoms with Crippen LogP contribution in [-0.2, 0) is 24.3 Å². The molecule has 1 aliphatic rings. The molecule has 3 rings (SSSR count). The molecule has 2 aromatic carbocycles. The lowest BCUT2D eigenvalue weighted by Crippen LogP contribution is -2.23. The summed E-state index contributed by atoms with van der Waals surface area (Å²) in [6.45, 7) is 3.93. The molecule has 0 bridgehead atoms. The Morgan fingerprint density at radius 2 is 1.81 bits per heavy atom. The van der Waals surface area contributed by atoms with Gasteiger partial charge in [-0.2, -0.15) is 0 Å². The molecule has 1 fully saturated rings. The second-order valence-corrected chi connectivity index (χ2v) is 7.66. The number of benzene rings is 2. The zero-order chi connectivity index (χ0) is 18.4. The minimum absolute atomic E-state index is 0.0287. The highest BCUT2D eigenvalue weighted by atomic mass is 35.5. The smallest absolute Gasteiger partial charge is 0.220 e. The Hall–Kier alpha value is -1.55. The Morgan fingerprint density at radius 3 is 2.58 bits per heavy atom. The number of amides is 1. The van der Waals surface area contributed by atoms with Crippen LogP contribution in [0.25, 0.3) is 0 Å². The van der Waals surface area contributed by atoms with Crippen LogP contribution in [0, 0.1) is 0 Å². The van der Waals surface area contributed by atoms with E-state index in [1.54, 1.807) is 12.1 Å². The van der Waals surface area contributed by atoms with E-state index in [1.807, 2.05) is 6.07 Å². The first-order valence-electron chi connectivity index (χ1n) is 9.11. The lowest BCUT2D eigenvalue weighted by molar-refractivity contribution is -0.121. The van der Waals surface area contributed by atoms with Gasteiger partial charge in [-0.1, -0.05) is 53.5 Å². The molecule has 26 heavy (non-hydrogen) atoms. The fourth-order valence-electron chi connectivity index (χ4n) is 3.30. The van der Waals surface area contributed by atoms with Gasteiger partial charge in [-0.25, -0.2) is 0 Å². The van der Waals surface area contributed by atoms with Crippen LogP contribution < -0.4 is 5.32 Å². The Bertz CT molecular complexity index is 757. The summed E-state index contributed by atoms with van der Waals surface area (Å²) >= 11 is 12.0. The van der Waals surface area contributed by atoms with Crippen molar-refractivity contribution in [1.82, 2.24) is 10.2 Å². The Labute approximate surface area is 165 Å². The number of halogens is 2. The standard InChI is InChI=1S/C21H24Cl2N2O/c22-19-8-6-18(20(23)13-19)7-9-21(26)24-14-16-4-3-5-17(12-16)15-25-10-1-2-11-25/h3-6,8,12-13H,1-2,7,9-11,14-15H2,(H,24,26). The molecule has 0 spiro atoms. The number of nitrogens with zero attached hydrogens (tertiary/aromatic N) is 1. The van der Waals surface area contributed by atoms with Crippen LogP contribution in [0.1, 0.15) is 36.0 Å². The molecule has 1 saturated heterocycles. The monoisotopic (exact) mass is 390 g/mol. The second kappa shape index (κ2) is 9.40. The maximum atomic E-state index is 12.1. The van der Waals surface area contributed by atoms with E-state index in [-0.39, 0.29) is 5.91 Å². The van der Waals surface area contributed by atoms with Gasteiger partial charge in [0, 0.05) is 29.6 Å². The summed E-state index contributed by atoms with van der Waals surface area (Å²) in [5, 5.41) is 4.22. The zero-order valence-corrected chi connectivity index (χ0v) is 16.3. The molecule has 1 N–H and O–H groups in total.